The minimum atomic E-state index is -0.472. The maximum Gasteiger partial charge on any atom is 0.410 e. The number of benzene rings is 4. The second-order valence-corrected chi connectivity index (χ2v) is 17.9. The zero-order valence-electron chi connectivity index (χ0n) is 37.3. The van der Waals surface area contributed by atoms with Gasteiger partial charge in [-0.15, -0.1) is 0 Å². The van der Waals surface area contributed by atoms with Gasteiger partial charge in [0.25, 0.3) is 5.91 Å². The van der Waals surface area contributed by atoms with Crippen LogP contribution in [0.1, 0.15) is 93.0 Å². The highest BCUT2D eigenvalue weighted by atomic mass is 16.6. The minimum Gasteiger partial charge on any atom is -0.488 e. The van der Waals surface area contributed by atoms with Gasteiger partial charge in [0.15, 0.2) is 11.5 Å². The summed E-state index contributed by atoms with van der Waals surface area (Å²) in [5.41, 5.74) is 6.18. The third-order valence-corrected chi connectivity index (χ3v) is 11.6. The number of piperazine rings is 1. The standard InChI is InChI=1S/C51H63N5O6/c1-7-52-49(57)47-46(41-20-18-37(19-21-41)32-54-26-28-55(29-27-54)33-38-22-24-56(25-23-38)50(58)61-51(4,5)6)48(62-53-47)43-30-42(36(2)3)44(59-34-39-14-10-8-11-15-39)31-45(43)60-35-40-16-12-9-13-17-40/h8-21,30-31,36,38H,7,22-29,32-35H2,1-6H3,(H,52,57). The van der Waals surface area contributed by atoms with Crippen LogP contribution < -0.4 is 14.8 Å². The number of hydrogen-bond acceptors (Lipinski definition) is 9. The largest absolute Gasteiger partial charge is 0.488 e. The molecule has 5 aromatic rings. The van der Waals surface area contributed by atoms with Crippen LogP contribution in [0.15, 0.2) is 102 Å². The highest BCUT2D eigenvalue weighted by Gasteiger charge is 2.30. The van der Waals surface area contributed by atoms with Gasteiger partial charge in [0, 0.05) is 65.0 Å². The first-order valence-electron chi connectivity index (χ1n) is 22.3. The Morgan fingerprint density at radius 3 is 1.95 bits per heavy atom. The molecule has 2 aliphatic rings. The van der Waals surface area contributed by atoms with Crippen molar-refractivity contribution >= 4 is 12.0 Å². The van der Waals surface area contributed by atoms with E-state index in [0.29, 0.717) is 48.3 Å². The number of piperidine rings is 1. The van der Waals surface area contributed by atoms with Crippen molar-refractivity contribution in [2.75, 3.05) is 52.4 Å². The highest BCUT2D eigenvalue weighted by Crippen LogP contribution is 2.44. The van der Waals surface area contributed by atoms with E-state index in [1.165, 1.54) is 5.56 Å². The zero-order valence-corrected chi connectivity index (χ0v) is 37.3. The summed E-state index contributed by atoms with van der Waals surface area (Å²) in [6, 6.07) is 32.6. The molecular weight excluding hydrogens is 779 g/mol. The van der Waals surface area contributed by atoms with Crippen LogP contribution in [0.5, 0.6) is 11.5 Å². The van der Waals surface area contributed by atoms with E-state index in [-0.39, 0.29) is 23.6 Å². The summed E-state index contributed by atoms with van der Waals surface area (Å²) in [4.78, 5) is 33.1. The Hall–Kier alpha value is -5.65. The molecule has 0 saturated carbocycles. The fourth-order valence-corrected chi connectivity index (χ4v) is 8.22. The number of amides is 2. The maximum absolute atomic E-state index is 13.6. The molecule has 328 valence electrons. The molecule has 0 aliphatic carbocycles. The Bertz CT molecular complexity index is 2220. The summed E-state index contributed by atoms with van der Waals surface area (Å²) >= 11 is 0. The van der Waals surface area contributed by atoms with E-state index in [1.807, 2.05) is 87.2 Å². The van der Waals surface area contributed by atoms with Crippen molar-refractivity contribution in [2.45, 2.75) is 85.7 Å². The summed E-state index contributed by atoms with van der Waals surface area (Å²) in [7, 11) is 0. The average molecular weight is 842 g/mol. The number of likely N-dealkylation sites (tertiary alicyclic amines) is 1. The van der Waals surface area contributed by atoms with E-state index < -0.39 is 5.60 Å². The number of carbonyl (C=O) groups is 2. The van der Waals surface area contributed by atoms with Gasteiger partial charge in [0.05, 0.1) is 11.1 Å². The van der Waals surface area contributed by atoms with Crippen molar-refractivity contribution in [3.63, 3.8) is 0 Å². The van der Waals surface area contributed by atoms with Gasteiger partial charge < -0.3 is 33.9 Å². The quantitative estimate of drug-likeness (QED) is 0.110. The van der Waals surface area contributed by atoms with Crippen molar-refractivity contribution in [1.82, 2.24) is 25.2 Å². The lowest BCUT2D eigenvalue weighted by Crippen LogP contribution is -2.49. The number of nitrogens with zero attached hydrogens (tertiary/aromatic N) is 4. The van der Waals surface area contributed by atoms with E-state index in [4.69, 9.17) is 18.7 Å². The van der Waals surface area contributed by atoms with Crippen molar-refractivity contribution in [2.24, 2.45) is 5.92 Å². The Balaban J connectivity index is 1.08. The van der Waals surface area contributed by atoms with Gasteiger partial charge in [0.2, 0.25) is 0 Å². The van der Waals surface area contributed by atoms with Crippen LogP contribution in [0.2, 0.25) is 0 Å². The zero-order chi connectivity index (χ0) is 43.6. The Morgan fingerprint density at radius 2 is 1.37 bits per heavy atom. The van der Waals surface area contributed by atoms with Crippen molar-refractivity contribution in [3.05, 3.63) is 125 Å². The SMILES string of the molecule is CCNC(=O)c1noc(-c2cc(C(C)C)c(OCc3ccccc3)cc2OCc2ccccc2)c1-c1ccc(CN2CCN(CC3CCN(C(=O)OC(C)(C)C)CC3)CC2)cc1. The Labute approximate surface area is 367 Å². The molecule has 0 unspecified atom stereocenters. The first kappa shape index (κ1) is 44.4. The third kappa shape index (κ3) is 11.6. The maximum atomic E-state index is 13.6. The van der Waals surface area contributed by atoms with E-state index in [0.717, 1.165) is 93.2 Å². The molecule has 2 saturated heterocycles. The topological polar surface area (TPSA) is 110 Å². The van der Waals surface area contributed by atoms with Gasteiger partial charge in [0.1, 0.15) is 30.3 Å². The summed E-state index contributed by atoms with van der Waals surface area (Å²) in [5, 5.41) is 7.33. The predicted octanol–water partition coefficient (Wildman–Crippen LogP) is 9.80. The van der Waals surface area contributed by atoms with Crippen molar-refractivity contribution in [1.29, 1.82) is 0 Å². The van der Waals surface area contributed by atoms with Gasteiger partial charge in [-0.25, -0.2) is 4.79 Å². The number of ether oxygens (including phenoxy) is 3. The molecule has 11 heteroatoms. The third-order valence-electron chi connectivity index (χ3n) is 11.6. The summed E-state index contributed by atoms with van der Waals surface area (Å²) in [6.07, 6.45) is 1.82. The molecule has 3 heterocycles. The van der Waals surface area contributed by atoms with Gasteiger partial charge in [-0.2, -0.15) is 0 Å². The lowest BCUT2D eigenvalue weighted by Gasteiger charge is -2.39. The molecule has 2 fully saturated rings. The molecule has 1 aromatic heterocycles. The smallest absolute Gasteiger partial charge is 0.410 e. The molecule has 62 heavy (non-hydrogen) atoms. The van der Waals surface area contributed by atoms with E-state index >= 15 is 0 Å². The molecule has 0 spiro atoms. The second-order valence-electron chi connectivity index (χ2n) is 17.9. The lowest BCUT2D eigenvalue weighted by atomic mass is 9.93. The first-order valence-corrected chi connectivity index (χ1v) is 22.3. The number of hydrogen-bond donors (Lipinski definition) is 1. The number of carbonyl (C=O) groups excluding carboxylic acids is 2. The van der Waals surface area contributed by atoms with Gasteiger partial charge in [-0.3, -0.25) is 9.69 Å². The number of aromatic nitrogens is 1. The molecule has 11 nitrogen and oxygen atoms in total. The molecule has 1 N–H and O–H groups in total. The van der Waals surface area contributed by atoms with Gasteiger partial charge in [-0.1, -0.05) is 104 Å². The van der Waals surface area contributed by atoms with Crippen LogP contribution in [-0.4, -0.2) is 89.8 Å². The molecule has 4 aromatic carbocycles. The molecule has 0 atom stereocenters. The fourth-order valence-electron chi connectivity index (χ4n) is 8.22. The summed E-state index contributed by atoms with van der Waals surface area (Å²) in [6.45, 7) is 20.6. The van der Waals surface area contributed by atoms with Crippen LogP contribution in [-0.2, 0) is 24.5 Å². The van der Waals surface area contributed by atoms with Crippen LogP contribution in [0.25, 0.3) is 22.5 Å². The summed E-state index contributed by atoms with van der Waals surface area (Å²) < 4.78 is 24.9. The Morgan fingerprint density at radius 1 is 0.774 bits per heavy atom. The van der Waals surface area contributed by atoms with Crippen molar-refractivity contribution in [3.8, 4) is 33.9 Å². The van der Waals surface area contributed by atoms with Crippen LogP contribution in [0, 0.1) is 5.92 Å². The van der Waals surface area contributed by atoms with Crippen LogP contribution in [0.4, 0.5) is 4.79 Å². The fraction of sp³-hybridized carbons (Fsp3) is 0.431. The van der Waals surface area contributed by atoms with Gasteiger partial charge in [-0.05, 0) is 86.3 Å². The van der Waals surface area contributed by atoms with Crippen LogP contribution >= 0.6 is 0 Å². The number of rotatable bonds is 15. The van der Waals surface area contributed by atoms with Gasteiger partial charge >= 0.3 is 6.09 Å². The predicted molar refractivity (Wildman–Crippen MR) is 243 cm³/mol. The summed E-state index contributed by atoms with van der Waals surface area (Å²) in [5.74, 6) is 2.17. The van der Waals surface area contributed by atoms with E-state index in [2.05, 4.69) is 76.6 Å². The monoisotopic (exact) mass is 841 g/mol. The van der Waals surface area contributed by atoms with Crippen molar-refractivity contribution < 1.29 is 28.3 Å². The van der Waals surface area contributed by atoms with E-state index in [1.54, 1.807) is 0 Å². The molecule has 2 aliphatic heterocycles. The highest BCUT2D eigenvalue weighted by molar-refractivity contribution is 6.02. The normalized spacial score (nSPS) is 15.4. The first-order chi connectivity index (χ1) is 29.9. The average Bonchev–Trinajstić information content (AvgIpc) is 3.71. The molecular formula is C51H63N5O6. The Kier molecular flexibility index (Phi) is 14.7. The minimum absolute atomic E-state index is 0.113. The lowest BCUT2D eigenvalue weighted by molar-refractivity contribution is 0.0159. The second kappa shape index (κ2) is 20.5. The molecule has 2 amide bonds. The van der Waals surface area contributed by atoms with E-state index in [9.17, 15) is 9.59 Å². The van der Waals surface area contributed by atoms with Crippen LogP contribution in [0.3, 0.4) is 0 Å². The molecule has 0 radical (unpaired) electrons. The molecule has 7 rings (SSSR count). The molecule has 0 bridgehead atoms. The number of nitrogens with one attached hydrogen (secondary N) is 1.